The Hall–Kier alpha value is -2.43. The number of benzene rings is 2. The molecule has 1 heterocycles. The number of nitrogens with zero attached hydrogens (tertiary/aromatic N) is 1. The second-order valence-electron chi connectivity index (χ2n) is 6.31. The Balaban J connectivity index is 1.82. The number of hydrogen-bond donors (Lipinski definition) is 2. The van der Waals surface area contributed by atoms with E-state index in [0.717, 1.165) is 11.8 Å². The minimum atomic E-state index is -3.79. The highest BCUT2D eigenvalue weighted by Crippen LogP contribution is 2.30. The summed E-state index contributed by atoms with van der Waals surface area (Å²) >= 11 is 0. The molecule has 1 aliphatic rings. The van der Waals surface area contributed by atoms with E-state index in [2.05, 4.69) is 5.32 Å². The van der Waals surface area contributed by atoms with Gasteiger partial charge in [-0.1, -0.05) is 0 Å². The molecule has 0 saturated heterocycles. The molecule has 8 nitrogen and oxygen atoms in total. The maximum Gasteiger partial charge on any atom is 0.255 e. The van der Waals surface area contributed by atoms with Gasteiger partial charge in [-0.2, -0.15) is 0 Å². The average Bonchev–Trinajstić information content (AvgIpc) is 2.59. The Labute approximate surface area is 158 Å². The summed E-state index contributed by atoms with van der Waals surface area (Å²) < 4.78 is 47.7. The van der Waals surface area contributed by atoms with E-state index in [4.69, 9.17) is 5.14 Å². The van der Waals surface area contributed by atoms with Crippen molar-refractivity contribution in [3.05, 3.63) is 53.6 Å². The minimum absolute atomic E-state index is 0.0462. The van der Waals surface area contributed by atoms with Crippen LogP contribution < -0.4 is 14.8 Å². The van der Waals surface area contributed by atoms with Crippen LogP contribution in [0.25, 0.3) is 0 Å². The first-order valence-corrected chi connectivity index (χ1v) is 11.5. The van der Waals surface area contributed by atoms with Crippen molar-refractivity contribution in [1.82, 2.24) is 0 Å². The van der Waals surface area contributed by atoms with Crippen LogP contribution in [0.3, 0.4) is 0 Å². The van der Waals surface area contributed by atoms with Crippen LogP contribution >= 0.6 is 0 Å². The van der Waals surface area contributed by atoms with Crippen LogP contribution in [-0.4, -0.2) is 35.5 Å². The molecule has 2 aromatic rings. The summed E-state index contributed by atoms with van der Waals surface area (Å²) in [4.78, 5) is 12.4. The predicted molar refractivity (Wildman–Crippen MR) is 103 cm³/mol. The number of sulfonamides is 2. The lowest BCUT2D eigenvalue weighted by molar-refractivity contribution is 0.102. The summed E-state index contributed by atoms with van der Waals surface area (Å²) in [6.07, 6.45) is 2.53. The molecule has 144 valence electrons. The van der Waals surface area contributed by atoms with Gasteiger partial charge in [-0.15, -0.1) is 0 Å². The van der Waals surface area contributed by atoms with E-state index in [1.165, 1.54) is 28.6 Å². The first kappa shape index (κ1) is 19.3. The number of nitrogens with one attached hydrogen (secondary N) is 1. The number of carbonyl (C=O) groups excluding carboxylic acids is 1. The van der Waals surface area contributed by atoms with Crippen molar-refractivity contribution >= 4 is 37.3 Å². The van der Waals surface area contributed by atoms with Crippen LogP contribution in [0.5, 0.6) is 0 Å². The Morgan fingerprint density at radius 3 is 2.33 bits per heavy atom. The van der Waals surface area contributed by atoms with Gasteiger partial charge in [0.15, 0.2) is 0 Å². The Morgan fingerprint density at radius 1 is 1.07 bits per heavy atom. The summed E-state index contributed by atoms with van der Waals surface area (Å²) in [5.41, 5.74) is 2.20. The maximum absolute atomic E-state index is 12.5. The molecule has 0 unspecified atom stereocenters. The molecule has 0 bridgehead atoms. The lowest BCUT2D eigenvalue weighted by Gasteiger charge is -2.29. The van der Waals surface area contributed by atoms with Crippen molar-refractivity contribution in [2.24, 2.45) is 5.14 Å². The number of nitrogens with two attached hydrogens (primary N) is 1. The lowest BCUT2D eigenvalue weighted by Crippen LogP contribution is -2.34. The fourth-order valence-corrected chi connectivity index (χ4v) is 4.49. The fraction of sp³-hybridized carbons (Fsp3) is 0.235. The van der Waals surface area contributed by atoms with Crippen molar-refractivity contribution in [2.75, 3.05) is 22.4 Å². The maximum atomic E-state index is 12.5. The number of rotatable bonds is 4. The molecule has 0 aromatic heterocycles. The van der Waals surface area contributed by atoms with Crippen LogP contribution in [0.2, 0.25) is 0 Å². The van der Waals surface area contributed by atoms with Gasteiger partial charge in [-0.25, -0.2) is 22.0 Å². The number of aryl methyl sites for hydroxylation is 1. The van der Waals surface area contributed by atoms with E-state index >= 15 is 0 Å². The van der Waals surface area contributed by atoms with Crippen LogP contribution in [0.1, 0.15) is 22.3 Å². The van der Waals surface area contributed by atoms with Gasteiger partial charge in [0.1, 0.15) is 0 Å². The monoisotopic (exact) mass is 409 g/mol. The van der Waals surface area contributed by atoms with E-state index in [1.807, 2.05) is 0 Å². The molecule has 27 heavy (non-hydrogen) atoms. The highest BCUT2D eigenvalue weighted by Gasteiger charge is 2.24. The van der Waals surface area contributed by atoms with Gasteiger partial charge < -0.3 is 5.32 Å². The summed E-state index contributed by atoms with van der Waals surface area (Å²) in [6, 6.07) is 10.4. The fourth-order valence-electron chi connectivity index (χ4n) is 2.98. The van der Waals surface area contributed by atoms with Crippen molar-refractivity contribution in [1.29, 1.82) is 0 Å². The Bertz CT molecular complexity index is 1090. The molecule has 0 aliphatic carbocycles. The number of amides is 1. The summed E-state index contributed by atoms with van der Waals surface area (Å²) in [5, 5.41) is 7.72. The van der Waals surface area contributed by atoms with Gasteiger partial charge in [0.05, 0.1) is 16.8 Å². The zero-order valence-corrected chi connectivity index (χ0v) is 16.2. The van der Waals surface area contributed by atoms with E-state index in [0.29, 0.717) is 36.3 Å². The van der Waals surface area contributed by atoms with Gasteiger partial charge in [0.25, 0.3) is 5.91 Å². The number of primary sulfonamides is 1. The first-order valence-electron chi connectivity index (χ1n) is 8.10. The number of carbonyl (C=O) groups is 1. The number of hydrogen-bond acceptors (Lipinski definition) is 5. The molecule has 0 spiro atoms. The van der Waals surface area contributed by atoms with Gasteiger partial charge in [-0.3, -0.25) is 9.10 Å². The van der Waals surface area contributed by atoms with Crippen LogP contribution in [0.15, 0.2) is 47.4 Å². The van der Waals surface area contributed by atoms with E-state index < -0.39 is 20.0 Å². The lowest BCUT2D eigenvalue weighted by atomic mass is 10.0. The summed E-state index contributed by atoms with van der Waals surface area (Å²) in [5.74, 6) is -0.377. The SMILES string of the molecule is CS(=O)(=O)N1CCCc2cc(C(=O)Nc3ccc(S(N)(=O)=O)cc3)ccc21. The molecule has 3 rings (SSSR count). The summed E-state index contributed by atoms with van der Waals surface area (Å²) in [7, 11) is -7.16. The van der Waals surface area contributed by atoms with Crippen LogP contribution in [0, 0.1) is 0 Å². The minimum Gasteiger partial charge on any atom is -0.322 e. The predicted octanol–water partition coefficient (Wildman–Crippen LogP) is 1.30. The number of fused-ring (bicyclic) bond motifs is 1. The normalized spacial score (nSPS) is 14.5. The molecule has 0 radical (unpaired) electrons. The van der Waals surface area contributed by atoms with Crippen molar-refractivity contribution < 1.29 is 21.6 Å². The molecule has 0 atom stereocenters. The van der Waals surface area contributed by atoms with E-state index in [-0.39, 0.29) is 10.8 Å². The van der Waals surface area contributed by atoms with E-state index in [9.17, 15) is 21.6 Å². The number of anilines is 2. The van der Waals surface area contributed by atoms with Crippen LogP contribution in [-0.2, 0) is 26.5 Å². The Morgan fingerprint density at radius 2 is 1.74 bits per heavy atom. The smallest absolute Gasteiger partial charge is 0.255 e. The molecule has 10 heteroatoms. The highest BCUT2D eigenvalue weighted by molar-refractivity contribution is 7.92. The van der Waals surface area contributed by atoms with Gasteiger partial charge in [0.2, 0.25) is 20.0 Å². The van der Waals surface area contributed by atoms with Crippen molar-refractivity contribution in [3.8, 4) is 0 Å². The molecule has 1 amide bonds. The zero-order valence-electron chi connectivity index (χ0n) is 14.5. The first-order chi connectivity index (χ1) is 12.6. The molecule has 0 saturated carbocycles. The zero-order chi connectivity index (χ0) is 19.8. The third-order valence-corrected chi connectivity index (χ3v) is 6.37. The molecule has 3 N–H and O–H groups in total. The third kappa shape index (κ3) is 4.29. The molecule has 1 aliphatic heterocycles. The quantitative estimate of drug-likeness (QED) is 0.787. The average molecular weight is 409 g/mol. The van der Waals surface area contributed by atoms with Crippen molar-refractivity contribution in [3.63, 3.8) is 0 Å². The molecular weight excluding hydrogens is 390 g/mol. The van der Waals surface area contributed by atoms with E-state index in [1.54, 1.807) is 18.2 Å². The highest BCUT2D eigenvalue weighted by atomic mass is 32.2. The van der Waals surface area contributed by atoms with Gasteiger partial charge in [-0.05, 0) is 60.9 Å². The summed E-state index contributed by atoms with van der Waals surface area (Å²) in [6.45, 7) is 0.424. The second kappa shape index (κ2) is 6.95. The van der Waals surface area contributed by atoms with Crippen molar-refractivity contribution in [2.45, 2.75) is 17.7 Å². The molecular formula is C17H19N3O5S2. The Kier molecular flexibility index (Phi) is 4.98. The standard InChI is InChI=1S/C17H19N3O5S2/c1-26(22,23)20-10-2-3-12-11-13(4-9-16(12)20)17(21)19-14-5-7-15(8-6-14)27(18,24)25/h4-9,11H,2-3,10H2,1H3,(H,19,21)(H2,18,24,25). The molecule has 2 aromatic carbocycles. The topological polar surface area (TPSA) is 127 Å². The van der Waals surface area contributed by atoms with Gasteiger partial charge >= 0.3 is 0 Å². The van der Waals surface area contributed by atoms with Crippen LogP contribution in [0.4, 0.5) is 11.4 Å². The second-order valence-corrected chi connectivity index (χ2v) is 9.77. The molecule has 0 fully saturated rings. The third-order valence-electron chi connectivity index (χ3n) is 4.26. The van der Waals surface area contributed by atoms with Gasteiger partial charge in [0, 0.05) is 17.8 Å². The largest absolute Gasteiger partial charge is 0.322 e.